The summed E-state index contributed by atoms with van der Waals surface area (Å²) in [5, 5.41) is 12.0. The zero-order valence-corrected chi connectivity index (χ0v) is 9.59. The first-order valence-corrected chi connectivity index (χ1v) is 6.13. The molecule has 16 heavy (non-hydrogen) atoms. The van der Waals surface area contributed by atoms with Gasteiger partial charge in [0.1, 0.15) is 6.04 Å². The number of hydrogen-bond acceptors (Lipinski definition) is 4. The standard InChI is InChI=1S/C11H14N2O2S/c12-8(11(14)15)5-7-1-2-10-9(6-7)13-3-4-16-10/h1-2,6,8,13H,3-5,12H2,(H,14,15). The van der Waals surface area contributed by atoms with Crippen LogP contribution in [0.25, 0.3) is 0 Å². The highest BCUT2D eigenvalue weighted by Crippen LogP contribution is 2.31. The Hall–Kier alpha value is -1.20. The number of carbonyl (C=O) groups is 1. The van der Waals surface area contributed by atoms with E-state index in [4.69, 9.17) is 10.8 Å². The van der Waals surface area contributed by atoms with Crippen LogP contribution in [0.3, 0.4) is 0 Å². The molecule has 0 aliphatic carbocycles. The van der Waals surface area contributed by atoms with E-state index in [1.165, 1.54) is 4.90 Å². The second kappa shape index (κ2) is 4.76. The number of carboxylic acids is 1. The zero-order valence-electron chi connectivity index (χ0n) is 8.77. The first-order valence-electron chi connectivity index (χ1n) is 5.15. The lowest BCUT2D eigenvalue weighted by Crippen LogP contribution is -2.32. The molecule has 4 N–H and O–H groups in total. The second-order valence-corrected chi connectivity index (χ2v) is 4.89. The van der Waals surface area contributed by atoms with Gasteiger partial charge in [0.25, 0.3) is 0 Å². The van der Waals surface area contributed by atoms with Crippen LogP contribution in [-0.2, 0) is 11.2 Å². The number of rotatable bonds is 3. The summed E-state index contributed by atoms with van der Waals surface area (Å²) in [6.07, 6.45) is 0.370. The molecule has 2 rings (SSSR count). The Morgan fingerprint density at radius 3 is 3.19 bits per heavy atom. The maximum atomic E-state index is 10.6. The van der Waals surface area contributed by atoms with Crippen LogP contribution < -0.4 is 11.1 Å². The van der Waals surface area contributed by atoms with E-state index in [0.717, 1.165) is 23.5 Å². The van der Waals surface area contributed by atoms with Crippen molar-refractivity contribution in [2.45, 2.75) is 17.4 Å². The summed E-state index contributed by atoms with van der Waals surface area (Å²) in [7, 11) is 0. The molecule has 5 heteroatoms. The van der Waals surface area contributed by atoms with Gasteiger partial charge in [-0.25, -0.2) is 0 Å². The fourth-order valence-corrected chi connectivity index (χ4v) is 2.53. The minimum Gasteiger partial charge on any atom is -0.480 e. The molecule has 0 saturated carbocycles. The minimum absolute atomic E-state index is 0.370. The summed E-state index contributed by atoms with van der Waals surface area (Å²) in [6, 6.07) is 5.14. The fraction of sp³-hybridized carbons (Fsp3) is 0.364. The molecule has 0 saturated heterocycles. The number of thioether (sulfide) groups is 1. The quantitative estimate of drug-likeness (QED) is 0.736. The molecule has 1 aromatic carbocycles. The van der Waals surface area contributed by atoms with Crippen LogP contribution in [-0.4, -0.2) is 29.4 Å². The van der Waals surface area contributed by atoms with Crippen LogP contribution in [0.1, 0.15) is 5.56 Å². The molecule has 1 aromatic rings. The largest absolute Gasteiger partial charge is 0.480 e. The number of hydrogen-bond donors (Lipinski definition) is 3. The predicted molar refractivity (Wildman–Crippen MR) is 65.0 cm³/mol. The number of fused-ring (bicyclic) bond motifs is 1. The monoisotopic (exact) mass is 238 g/mol. The molecule has 1 atom stereocenters. The van der Waals surface area contributed by atoms with Crippen molar-refractivity contribution in [1.82, 2.24) is 0 Å². The van der Waals surface area contributed by atoms with E-state index in [9.17, 15) is 4.79 Å². The van der Waals surface area contributed by atoms with Crippen molar-refractivity contribution in [1.29, 1.82) is 0 Å². The molecule has 86 valence electrons. The van der Waals surface area contributed by atoms with Gasteiger partial charge in [0, 0.05) is 22.9 Å². The summed E-state index contributed by atoms with van der Waals surface area (Å²) < 4.78 is 0. The van der Waals surface area contributed by atoms with E-state index >= 15 is 0 Å². The molecule has 1 aliphatic rings. The summed E-state index contributed by atoms with van der Waals surface area (Å²) in [6.45, 7) is 0.951. The van der Waals surface area contributed by atoms with Gasteiger partial charge in [0.2, 0.25) is 0 Å². The van der Waals surface area contributed by atoms with Crippen LogP contribution in [0.15, 0.2) is 23.1 Å². The van der Waals surface area contributed by atoms with Gasteiger partial charge in [-0.1, -0.05) is 6.07 Å². The molecule has 4 nitrogen and oxygen atoms in total. The molecule has 0 spiro atoms. The lowest BCUT2D eigenvalue weighted by molar-refractivity contribution is -0.138. The molecule has 1 aliphatic heterocycles. The molecule has 0 fully saturated rings. The molecule has 0 bridgehead atoms. The van der Waals surface area contributed by atoms with Gasteiger partial charge in [-0.3, -0.25) is 4.79 Å². The van der Waals surface area contributed by atoms with Gasteiger partial charge in [-0.05, 0) is 24.1 Å². The van der Waals surface area contributed by atoms with Crippen LogP contribution in [0.5, 0.6) is 0 Å². The summed E-state index contributed by atoms with van der Waals surface area (Å²) >= 11 is 1.81. The number of benzene rings is 1. The van der Waals surface area contributed by atoms with Crippen LogP contribution >= 0.6 is 11.8 Å². The van der Waals surface area contributed by atoms with Crippen molar-refractivity contribution in [3.05, 3.63) is 23.8 Å². The highest BCUT2D eigenvalue weighted by atomic mass is 32.2. The molecule has 0 amide bonds. The zero-order chi connectivity index (χ0) is 11.5. The Balaban J connectivity index is 2.14. The van der Waals surface area contributed by atoms with Crippen molar-refractivity contribution >= 4 is 23.4 Å². The van der Waals surface area contributed by atoms with E-state index in [1.807, 2.05) is 30.0 Å². The predicted octanol–water partition coefficient (Wildman–Crippen LogP) is 1.16. The Morgan fingerprint density at radius 1 is 1.62 bits per heavy atom. The first-order chi connectivity index (χ1) is 7.66. The maximum Gasteiger partial charge on any atom is 0.320 e. The number of nitrogens with one attached hydrogen (secondary N) is 1. The normalized spacial score (nSPS) is 16.1. The molecular weight excluding hydrogens is 224 g/mol. The number of carboxylic acid groups (broad SMARTS) is 1. The van der Waals surface area contributed by atoms with Crippen LogP contribution in [0.4, 0.5) is 5.69 Å². The van der Waals surface area contributed by atoms with Gasteiger partial charge in [0.05, 0.1) is 0 Å². The van der Waals surface area contributed by atoms with E-state index in [2.05, 4.69) is 5.32 Å². The van der Waals surface area contributed by atoms with E-state index in [-0.39, 0.29) is 0 Å². The topological polar surface area (TPSA) is 75.3 Å². The van der Waals surface area contributed by atoms with Crippen molar-refractivity contribution in [3.8, 4) is 0 Å². The fourth-order valence-electron chi connectivity index (χ4n) is 1.66. The average Bonchev–Trinajstić information content (AvgIpc) is 2.28. The smallest absolute Gasteiger partial charge is 0.320 e. The van der Waals surface area contributed by atoms with Crippen LogP contribution in [0.2, 0.25) is 0 Å². The molecule has 0 radical (unpaired) electrons. The summed E-state index contributed by atoms with van der Waals surface area (Å²) in [5.74, 6) is 0.112. The Bertz CT molecular complexity index is 409. The van der Waals surface area contributed by atoms with Crippen LogP contribution in [0, 0.1) is 0 Å². The summed E-state index contributed by atoms with van der Waals surface area (Å²) in [4.78, 5) is 11.9. The minimum atomic E-state index is -0.958. The Morgan fingerprint density at radius 2 is 2.44 bits per heavy atom. The number of anilines is 1. The third-order valence-corrected chi connectivity index (χ3v) is 3.57. The van der Waals surface area contributed by atoms with E-state index in [0.29, 0.717) is 6.42 Å². The number of aliphatic carboxylic acids is 1. The van der Waals surface area contributed by atoms with Gasteiger partial charge >= 0.3 is 5.97 Å². The van der Waals surface area contributed by atoms with Crippen molar-refractivity contribution in [2.24, 2.45) is 5.73 Å². The molecular formula is C11H14N2O2S. The van der Waals surface area contributed by atoms with E-state index in [1.54, 1.807) is 0 Å². The third kappa shape index (κ3) is 2.48. The van der Waals surface area contributed by atoms with Gasteiger partial charge < -0.3 is 16.2 Å². The van der Waals surface area contributed by atoms with Crippen molar-refractivity contribution in [3.63, 3.8) is 0 Å². The summed E-state index contributed by atoms with van der Waals surface area (Å²) in [5.41, 5.74) is 7.55. The second-order valence-electron chi connectivity index (χ2n) is 3.75. The third-order valence-electron chi connectivity index (χ3n) is 2.49. The first kappa shape index (κ1) is 11.3. The van der Waals surface area contributed by atoms with E-state index < -0.39 is 12.0 Å². The Labute approximate surface area is 98.2 Å². The average molecular weight is 238 g/mol. The molecule has 1 heterocycles. The van der Waals surface area contributed by atoms with Crippen molar-refractivity contribution < 1.29 is 9.90 Å². The van der Waals surface area contributed by atoms with Gasteiger partial charge in [-0.2, -0.15) is 0 Å². The highest BCUT2D eigenvalue weighted by molar-refractivity contribution is 7.99. The Kier molecular flexibility index (Phi) is 3.36. The molecule has 0 aromatic heterocycles. The SMILES string of the molecule is NC(Cc1ccc2c(c1)NCCS2)C(=O)O. The maximum absolute atomic E-state index is 10.6. The van der Waals surface area contributed by atoms with Gasteiger partial charge in [-0.15, -0.1) is 11.8 Å². The van der Waals surface area contributed by atoms with Crippen molar-refractivity contribution in [2.75, 3.05) is 17.6 Å². The molecule has 1 unspecified atom stereocenters. The lowest BCUT2D eigenvalue weighted by atomic mass is 10.1. The van der Waals surface area contributed by atoms with Gasteiger partial charge in [0.15, 0.2) is 0 Å². The number of nitrogens with two attached hydrogens (primary N) is 1. The highest BCUT2D eigenvalue weighted by Gasteiger charge is 2.14. The lowest BCUT2D eigenvalue weighted by Gasteiger charge is -2.18.